The van der Waals surface area contributed by atoms with E-state index in [0.29, 0.717) is 30.0 Å². The maximum atomic E-state index is 12.4. The Bertz CT molecular complexity index is 738. The molecule has 0 saturated heterocycles. The highest BCUT2D eigenvalue weighted by atomic mass is 16.5. The molecule has 0 atom stereocenters. The average molecular weight is 383 g/mol. The fourth-order valence-electron chi connectivity index (χ4n) is 2.59. The second-order valence-corrected chi connectivity index (χ2v) is 6.60. The van der Waals surface area contributed by atoms with Gasteiger partial charge in [0.25, 0.3) is 5.91 Å². The van der Waals surface area contributed by atoms with Gasteiger partial charge in [0.05, 0.1) is 18.8 Å². The summed E-state index contributed by atoms with van der Waals surface area (Å²) in [5.41, 5.74) is 1.63. The van der Waals surface area contributed by atoms with E-state index in [9.17, 15) is 9.59 Å². The van der Waals surface area contributed by atoms with E-state index in [2.05, 4.69) is 12.2 Å². The van der Waals surface area contributed by atoms with Gasteiger partial charge in [-0.05, 0) is 61.4 Å². The fourth-order valence-corrected chi connectivity index (χ4v) is 2.59. The van der Waals surface area contributed by atoms with Crippen molar-refractivity contribution in [1.29, 1.82) is 0 Å². The Morgan fingerprint density at radius 2 is 1.46 bits per heavy atom. The Labute approximate surface area is 167 Å². The maximum absolute atomic E-state index is 12.4. The van der Waals surface area contributed by atoms with Crippen LogP contribution in [0, 0.1) is 0 Å². The molecule has 1 N–H and O–H groups in total. The summed E-state index contributed by atoms with van der Waals surface area (Å²) in [4.78, 5) is 24.2. The molecule has 2 rings (SSSR count). The normalized spacial score (nSPS) is 10.4. The molecule has 1 amide bonds. The quantitative estimate of drug-likeness (QED) is 0.413. The van der Waals surface area contributed by atoms with Crippen molar-refractivity contribution in [2.75, 3.05) is 18.5 Å². The van der Waals surface area contributed by atoms with E-state index < -0.39 is 0 Å². The third-order valence-electron chi connectivity index (χ3n) is 4.20. The van der Waals surface area contributed by atoms with Crippen molar-refractivity contribution in [2.45, 2.75) is 46.0 Å². The van der Waals surface area contributed by atoms with Crippen LogP contribution in [0.1, 0.15) is 66.7 Å². The topological polar surface area (TPSA) is 64.6 Å². The Kier molecular flexibility index (Phi) is 9.05. The fraction of sp³-hybridized carbons (Fsp3) is 0.391. The number of unbranched alkanes of at least 4 members (excludes halogenated alkanes) is 3. The predicted octanol–water partition coefficient (Wildman–Crippen LogP) is 5.46. The number of carbonyl (C=O) groups is 2. The Hall–Kier alpha value is -2.82. The molecule has 0 spiro atoms. The number of benzene rings is 2. The summed E-state index contributed by atoms with van der Waals surface area (Å²) in [6.07, 6.45) is 5.42. The van der Waals surface area contributed by atoms with Gasteiger partial charge in [0.1, 0.15) is 5.75 Å². The SMILES string of the molecule is CCCCCCOc1ccc(C(=O)Nc2ccc(C(=O)OCCC)cc2)cc1. The van der Waals surface area contributed by atoms with Crippen molar-refractivity contribution in [1.82, 2.24) is 0 Å². The largest absolute Gasteiger partial charge is 0.494 e. The molecule has 0 unspecified atom stereocenters. The van der Waals surface area contributed by atoms with Crippen LogP contribution in [0.2, 0.25) is 0 Å². The van der Waals surface area contributed by atoms with Crippen molar-refractivity contribution in [3.63, 3.8) is 0 Å². The molecule has 0 fully saturated rings. The first-order valence-corrected chi connectivity index (χ1v) is 9.95. The molecule has 0 aromatic heterocycles. The Balaban J connectivity index is 1.84. The zero-order chi connectivity index (χ0) is 20.2. The molecule has 0 aliphatic heterocycles. The van der Waals surface area contributed by atoms with E-state index >= 15 is 0 Å². The lowest BCUT2D eigenvalue weighted by atomic mass is 10.1. The van der Waals surface area contributed by atoms with Crippen LogP contribution in [0.15, 0.2) is 48.5 Å². The number of carbonyl (C=O) groups excluding carboxylic acids is 2. The minimum atomic E-state index is -0.356. The van der Waals surface area contributed by atoms with E-state index in [-0.39, 0.29) is 11.9 Å². The van der Waals surface area contributed by atoms with Crippen LogP contribution in [0.5, 0.6) is 5.75 Å². The number of esters is 1. The summed E-state index contributed by atoms with van der Waals surface area (Å²) in [5, 5.41) is 2.82. The van der Waals surface area contributed by atoms with Gasteiger partial charge in [-0.25, -0.2) is 4.79 Å². The van der Waals surface area contributed by atoms with Crippen LogP contribution in [-0.4, -0.2) is 25.1 Å². The molecule has 5 heteroatoms. The van der Waals surface area contributed by atoms with Gasteiger partial charge in [-0.2, -0.15) is 0 Å². The van der Waals surface area contributed by atoms with E-state index in [1.165, 1.54) is 19.3 Å². The first-order valence-electron chi connectivity index (χ1n) is 9.95. The monoisotopic (exact) mass is 383 g/mol. The molecular formula is C23H29NO4. The van der Waals surface area contributed by atoms with Crippen molar-refractivity contribution >= 4 is 17.6 Å². The van der Waals surface area contributed by atoms with Crippen LogP contribution >= 0.6 is 0 Å². The molecular weight excluding hydrogens is 354 g/mol. The zero-order valence-corrected chi connectivity index (χ0v) is 16.7. The first kappa shape index (κ1) is 21.5. The number of nitrogens with one attached hydrogen (secondary N) is 1. The van der Waals surface area contributed by atoms with Crippen molar-refractivity contribution in [2.24, 2.45) is 0 Å². The molecule has 5 nitrogen and oxygen atoms in total. The lowest BCUT2D eigenvalue weighted by Gasteiger charge is -2.09. The van der Waals surface area contributed by atoms with Gasteiger partial charge in [0.15, 0.2) is 0 Å². The molecule has 0 bridgehead atoms. The molecule has 0 aliphatic rings. The van der Waals surface area contributed by atoms with Crippen LogP contribution in [0.4, 0.5) is 5.69 Å². The van der Waals surface area contributed by atoms with Gasteiger partial charge < -0.3 is 14.8 Å². The van der Waals surface area contributed by atoms with E-state index in [1.807, 2.05) is 19.1 Å². The minimum Gasteiger partial charge on any atom is -0.494 e. The summed E-state index contributed by atoms with van der Waals surface area (Å²) in [6, 6.07) is 13.8. The maximum Gasteiger partial charge on any atom is 0.338 e. The van der Waals surface area contributed by atoms with Crippen LogP contribution in [0.3, 0.4) is 0 Å². The highest BCUT2D eigenvalue weighted by Gasteiger charge is 2.09. The third kappa shape index (κ3) is 7.06. The summed E-state index contributed by atoms with van der Waals surface area (Å²) in [5.74, 6) is 0.198. The van der Waals surface area contributed by atoms with Crippen molar-refractivity contribution < 1.29 is 19.1 Å². The summed E-state index contributed by atoms with van der Waals surface area (Å²) >= 11 is 0. The lowest BCUT2D eigenvalue weighted by Crippen LogP contribution is -2.12. The standard InChI is InChI=1S/C23H29NO4/c1-3-5-6-7-17-27-21-14-10-18(11-15-21)22(25)24-20-12-8-19(9-13-20)23(26)28-16-4-2/h8-15H,3-7,16-17H2,1-2H3,(H,24,25). The summed E-state index contributed by atoms with van der Waals surface area (Å²) in [7, 11) is 0. The average Bonchev–Trinajstić information content (AvgIpc) is 2.72. The summed E-state index contributed by atoms with van der Waals surface area (Å²) in [6.45, 7) is 5.22. The number of rotatable bonds is 11. The van der Waals surface area contributed by atoms with Crippen LogP contribution in [-0.2, 0) is 4.74 Å². The van der Waals surface area contributed by atoms with E-state index in [4.69, 9.17) is 9.47 Å². The first-order chi connectivity index (χ1) is 13.6. The Morgan fingerprint density at radius 3 is 2.11 bits per heavy atom. The number of amides is 1. The summed E-state index contributed by atoms with van der Waals surface area (Å²) < 4.78 is 10.8. The van der Waals surface area contributed by atoms with Gasteiger partial charge in [-0.15, -0.1) is 0 Å². The van der Waals surface area contributed by atoms with Gasteiger partial charge >= 0.3 is 5.97 Å². The second kappa shape index (κ2) is 11.8. The minimum absolute atomic E-state index is 0.212. The number of hydrogen-bond donors (Lipinski definition) is 1. The number of ether oxygens (including phenoxy) is 2. The third-order valence-corrected chi connectivity index (χ3v) is 4.20. The molecule has 28 heavy (non-hydrogen) atoms. The molecule has 150 valence electrons. The second-order valence-electron chi connectivity index (χ2n) is 6.60. The number of hydrogen-bond acceptors (Lipinski definition) is 4. The van der Waals surface area contributed by atoms with E-state index in [0.717, 1.165) is 18.6 Å². The molecule has 0 aliphatic carbocycles. The number of anilines is 1. The highest BCUT2D eigenvalue weighted by Crippen LogP contribution is 2.16. The smallest absolute Gasteiger partial charge is 0.338 e. The van der Waals surface area contributed by atoms with Gasteiger partial charge in [-0.3, -0.25) is 4.79 Å². The van der Waals surface area contributed by atoms with Crippen molar-refractivity contribution in [3.8, 4) is 5.75 Å². The van der Waals surface area contributed by atoms with Crippen LogP contribution < -0.4 is 10.1 Å². The highest BCUT2D eigenvalue weighted by molar-refractivity contribution is 6.04. The Morgan fingerprint density at radius 1 is 0.786 bits per heavy atom. The van der Waals surface area contributed by atoms with Gasteiger partial charge in [-0.1, -0.05) is 33.1 Å². The van der Waals surface area contributed by atoms with Crippen LogP contribution in [0.25, 0.3) is 0 Å². The molecule has 0 radical (unpaired) electrons. The predicted molar refractivity (Wildman–Crippen MR) is 111 cm³/mol. The zero-order valence-electron chi connectivity index (χ0n) is 16.7. The molecule has 0 heterocycles. The van der Waals surface area contributed by atoms with Crippen molar-refractivity contribution in [3.05, 3.63) is 59.7 Å². The molecule has 2 aromatic rings. The van der Waals surface area contributed by atoms with E-state index in [1.54, 1.807) is 36.4 Å². The molecule has 2 aromatic carbocycles. The van der Waals surface area contributed by atoms with Gasteiger partial charge in [0, 0.05) is 11.3 Å². The molecule has 0 saturated carbocycles. The lowest BCUT2D eigenvalue weighted by molar-refractivity contribution is 0.0505. The van der Waals surface area contributed by atoms with Gasteiger partial charge in [0.2, 0.25) is 0 Å².